The normalized spacial score (nSPS) is 12.2. The Morgan fingerprint density at radius 2 is 1.89 bits per heavy atom. The Kier molecular flexibility index (Phi) is 4.53. The topological polar surface area (TPSA) is 36.4 Å². The van der Waals surface area contributed by atoms with Gasteiger partial charge in [-0.2, -0.15) is 0 Å². The van der Waals surface area contributed by atoms with Crippen LogP contribution in [0.4, 0.5) is 5.69 Å². The van der Waals surface area contributed by atoms with Crippen LogP contribution in [0.1, 0.15) is 30.7 Å². The second kappa shape index (κ2) is 6.34. The van der Waals surface area contributed by atoms with Gasteiger partial charge < -0.3 is 10.0 Å². The Balaban J connectivity index is 2.05. The fourth-order valence-corrected chi connectivity index (χ4v) is 1.98. The number of aliphatic hydroxyl groups excluding tert-OH is 1. The molecule has 3 nitrogen and oxygen atoms in total. The molecule has 2 rings (SSSR count). The number of benzene rings is 1. The first-order valence-corrected chi connectivity index (χ1v) is 6.59. The standard InChI is InChI=1S/C16H20N2O/c1-3-16(19)15-10-9-14(11-17-15)18(2)12-13-7-5-4-6-8-13/h4-11,16,19H,3,12H2,1-2H3/t16-/m1/s1. The molecule has 0 spiro atoms. The summed E-state index contributed by atoms with van der Waals surface area (Å²) in [5.74, 6) is 0. The van der Waals surface area contributed by atoms with E-state index in [-0.39, 0.29) is 0 Å². The van der Waals surface area contributed by atoms with Gasteiger partial charge in [0.25, 0.3) is 0 Å². The summed E-state index contributed by atoms with van der Waals surface area (Å²) in [6.45, 7) is 2.79. The Labute approximate surface area is 114 Å². The van der Waals surface area contributed by atoms with Crippen molar-refractivity contribution >= 4 is 5.69 Å². The maximum absolute atomic E-state index is 9.72. The summed E-state index contributed by atoms with van der Waals surface area (Å²) in [4.78, 5) is 6.46. The molecule has 0 fully saturated rings. The Bertz CT molecular complexity index is 496. The van der Waals surface area contributed by atoms with E-state index in [1.165, 1.54) is 5.56 Å². The molecule has 1 aromatic heterocycles. The molecule has 0 saturated carbocycles. The molecule has 3 heteroatoms. The predicted molar refractivity (Wildman–Crippen MR) is 78.0 cm³/mol. The minimum absolute atomic E-state index is 0.464. The zero-order valence-electron chi connectivity index (χ0n) is 11.5. The highest BCUT2D eigenvalue weighted by Crippen LogP contribution is 2.18. The number of hydrogen-bond acceptors (Lipinski definition) is 3. The lowest BCUT2D eigenvalue weighted by Crippen LogP contribution is -2.16. The molecule has 1 N–H and O–H groups in total. The van der Waals surface area contributed by atoms with E-state index in [1.807, 2.05) is 50.5 Å². The third-order valence-corrected chi connectivity index (χ3v) is 3.20. The van der Waals surface area contributed by atoms with Crippen LogP contribution in [0.2, 0.25) is 0 Å². The molecule has 0 bridgehead atoms. The third kappa shape index (κ3) is 3.55. The fraction of sp³-hybridized carbons (Fsp3) is 0.312. The van der Waals surface area contributed by atoms with Crippen molar-refractivity contribution in [3.8, 4) is 0 Å². The molecular formula is C16H20N2O. The van der Waals surface area contributed by atoms with Crippen molar-refractivity contribution in [2.24, 2.45) is 0 Å². The van der Waals surface area contributed by atoms with Gasteiger partial charge in [-0.25, -0.2) is 0 Å². The number of anilines is 1. The monoisotopic (exact) mass is 256 g/mol. The lowest BCUT2D eigenvalue weighted by Gasteiger charge is -2.19. The van der Waals surface area contributed by atoms with E-state index in [0.29, 0.717) is 6.42 Å². The van der Waals surface area contributed by atoms with E-state index in [2.05, 4.69) is 22.0 Å². The van der Waals surface area contributed by atoms with Gasteiger partial charge in [-0.15, -0.1) is 0 Å². The highest BCUT2D eigenvalue weighted by molar-refractivity contribution is 5.44. The zero-order chi connectivity index (χ0) is 13.7. The average Bonchev–Trinajstić information content (AvgIpc) is 2.47. The first-order valence-electron chi connectivity index (χ1n) is 6.59. The molecule has 2 aromatic rings. The van der Waals surface area contributed by atoms with Crippen molar-refractivity contribution < 1.29 is 5.11 Å². The van der Waals surface area contributed by atoms with Crippen LogP contribution in [0.25, 0.3) is 0 Å². The van der Waals surface area contributed by atoms with E-state index in [0.717, 1.165) is 17.9 Å². The van der Waals surface area contributed by atoms with Gasteiger partial charge in [-0.1, -0.05) is 37.3 Å². The second-order valence-corrected chi connectivity index (χ2v) is 4.71. The Morgan fingerprint density at radius 3 is 2.47 bits per heavy atom. The van der Waals surface area contributed by atoms with E-state index < -0.39 is 6.10 Å². The second-order valence-electron chi connectivity index (χ2n) is 4.71. The molecule has 1 aromatic carbocycles. The Morgan fingerprint density at radius 1 is 1.16 bits per heavy atom. The summed E-state index contributed by atoms with van der Waals surface area (Å²) in [6.07, 6.45) is 2.04. The van der Waals surface area contributed by atoms with Gasteiger partial charge in [0.2, 0.25) is 0 Å². The van der Waals surface area contributed by atoms with Crippen molar-refractivity contribution in [1.29, 1.82) is 0 Å². The van der Waals surface area contributed by atoms with Crippen LogP contribution in [0.3, 0.4) is 0 Å². The van der Waals surface area contributed by atoms with Crippen LogP contribution in [-0.4, -0.2) is 17.1 Å². The average molecular weight is 256 g/mol. The molecule has 1 heterocycles. The van der Waals surface area contributed by atoms with E-state index >= 15 is 0 Å². The van der Waals surface area contributed by atoms with Gasteiger partial charge in [0.15, 0.2) is 0 Å². The predicted octanol–water partition coefficient (Wildman–Crippen LogP) is 3.16. The molecular weight excluding hydrogens is 236 g/mol. The van der Waals surface area contributed by atoms with Crippen molar-refractivity contribution in [3.05, 3.63) is 59.9 Å². The van der Waals surface area contributed by atoms with Gasteiger partial charge in [-0.3, -0.25) is 4.98 Å². The van der Waals surface area contributed by atoms with Crippen LogP contribution >= 0.6 is 0 Å². The zero-order valence-corrected chi connectivity index (χ0v) is 11.5. The van der Waals surface area contributed by atoms with Crippen LogP contribution < -0.4 is 4.90 Å². The van der Waals surface area contributed by atoms with Crippen LogP contribution in [0.15, 0.2) is 48.7 Å². The summed E-state index contributed by atoms with van der Waals surface area (Å²) in [5.41, 5.74) is 3.05. The SMILES string of the molecule is CC[C@@H](O)c1ccc(N(C)Cc2ccccc2)cn1. The molecule has 0 saturated heterocycles. The molecule has 0 aliphatic carbocycles. The van der Waals surface area contributed by atoms with Gasteiger partial charge >= 0.3 is 0 Å². The maximum atomic E-state index is 9.72. The molecule has 0 aliphatic rings. The lowest BCUT2D eigenvalue weighted by atomic mass is 10.1. The van der Waals surface area contributed by atoms with Gasteiger partial charge in [-0.05, 0) is 24.1 Å². The molecule has 0 unspecified atom stereocenters. The summed E-state index contributed by atoms with van der Waals surface area (Å²) in [5, 5.41) is 9.72. The maximum Gasteiger partial charge on any atom is 0.0957 e. The summed E-state index contributed by atoms with van der Waals surface area (Å²) < 4.78 is 0. The molecule has 0 aliphatic heterocycles. The van der Waals surface area contributed by atoms with Crippen LogP contribution in [0, 0.1) is 0 Å². The summed E-state index contributed by atoms with van der Waals surface area (Å²) >= 11 is 0. The molecule has 1 atom stereocenters. The number of nitrogens with zero attached hydrogens (tertiary/aromatic N) is 2. The third-order valence-electron chi connectivity index (χ3n) is 3.20. The first-order chi connectivity index (χ1) is 9.20. The van der Waals surface area contributed by atoms with Crippen molar-refractivity contribution in [2.75, 3.05) is 11.9 Å². The first kappa shape index (κ1) is 13.6. The number of aliphatic hydroxyl groups is 1. The summed E-state index contributed by atoms with van der Waals surface area (Å²) in [7, 11) is 2.04. The largest absolute Gasteiger partial charge is 0.387 e. The van der Waals surface area contributed by atoms with Crippen molar-refractivity contribution in [1.82, 2.24) is 4.98 Å². The summed E-state index contributed by atoms with van der Waals surface area (Å²) in [6, 6.07) is 14.2. The quantitative estimate of drug-likeness (QED) is 0.892. The molecule has 0 radical (unpaired) electrons. The highest BCUT2D eigenvalue weighted by atomic mass is 16.3. The van der Waals surface area contributed by atoms with Gasteiger partial charge in [0.1, 0.15) is 0 Å². The van der Waals surface area contributed by atoms with Gasteiger partial charge in [0.05, 0.1) is 23.7 Å². The van der Waals surface area contributed by atoms with Crippen LogP contribution in [0.5, 0.6) is 0 Å². The highest BCUT2D eigenvalue weighted by Gasteiger charge is 2.07. The minimum Gasteiger partial charge on any atom is -0.387 e. The lowest BCUT2D eigenvalue weighted by molar-refractivity contribution is 0.169. The minimum atomic E-state index is -0.464. The number of hydrogen-bond donors (Lipinski definition) is 1. The smallest absolute Gasteiger partial charge is 0.0957 e. The van der Waals surface area contributed by atoms with Gasteiger partial charge in [0, 0.05) is 13.6 Å². The molecule has 0 amide bonds. The number of rotatable bonds is 5. The van der Waals surface area contributed by atoms with Crippen LogP contribution in [-0.2, 0) is 6.54 Å². The van der Waals surface area contributed by atoms with E-state index in [1.54, 1.807) is 0 Å². The molecule has 19 heavy (non-hydrogen) atoms. The number of aromatic nitrogens is 1. The van der Waals surface area contributed by atoms with Crippen molar-refractivity contribution in [2.45, 2.75) is 26.0 Å². The van der Waals surface area contributed by atoms with Crippen molar-refractivity contribution in [3.63, 3.8) is 0 Å². The molecule has 100 valence electrons. The van der Waals surface area contributed by atoms with E-state index in [4.69, 9.17) is 0 Å². The Hall–Kier alpha value is -1.87. The van der Waals surface area contributed by atoms with E-state index in [9.17, 15) is 5.11 Å². The fourth-order valence-electron chi connectivity index (χ4n) is 1.98. The number of pyridine rings is 1.